The number of fused-ring (bicyclic) bond motifs is 2. The van der Waals surface area contributed by atoms with E-state index in [1.807, 2.05) is 12.5 Å². The zero-order valence-corrected chi connectivity index (χ0v) is 20.3. The number of hydrogen-bond donors (Lipinski definition) is 2. The van der Waals surface area contributed by atoms with Gasteiger partial charge in [0.25, 0.3) is 5.91 Å². The van der Waals surface area contributed by atoms with E-state index in [9.17, 15) is 4.79 Å². The lowest BCUT2D eigenvalue weighted by molar-refractivity contribution is 0.100. The quantitative estimate of drug-likeness (QED) is 0.504. The van der Waals surface area contributed by atoms with Crippen molar-refractivity contribution in [2.75, 3.05) is 31.5 Å². The zero-order chi connectivity index (χ0) is 23.8. The third-order valence-corrected chi connectivity index (χ3v) is 7.96. The van der Waals surface area contributed by atoms with Crippen LogP contribution in [-0.2, 0) is 6.42 Å². The molecule has 0 atom stereocenters. The Bertz CT molecular complexity index is 1280. The van der Waals surface area contributed by atoms with Gasteiger partial charge in [-0.25, -0.2) is 4.98 Å². The van der Waals surface area contributed by atoms with Gasteiger partial charge >= 0.3 is 0 Å². The summed E-state index contributed by atoms with van der Waals surface area (Å²) < 4.78 is 2.36. The van der Waals surface area contributed by atoms with Crippen LogP contribution in [0.4, 0.5) is 11.4 Å². The predicted molar refractivity (Wildman–Crippen MR) is 142 cm³/mol. The first-order valence-corrected chi connectivity index (χ1v) is 13.1. The summed E-state index contributed by atoms with van der Waals surface area (Å²) in [5.74, 6) is -0.399. The topological polar surface area (TPSA) is 88.5 Å². The highest BCUT2D eigenvalue weighted by Gasteiger charge is 2.25. The Labute approximate surface area is 206 Å². The van der Waals surface area contributed by atoms with E-state index >= 15 is 0 Å². The van der Waals surface area contributed by atoms with Crippen LogP contribution in [-0.4, -0.2) is 52.8 Å². The van der Waals surface area contributed by atoms with Crippen molar-refractivity contribution in [2.45, 2.75) is 57.4 Å². The number of benzene rings is 2. The van der Waals surface area contributed by atoms with Gasteiger partial charge in [0, 0.05) is 43.0 Å². The summed E-state index contributed by atoms with van der Waals surface area (Å²) in [6.07, 6.45) is 13.5. The number of nitrogens with two attached hydrogens (primary N) is 1. The van der Waals surface area contributed by atoms with Crippen molar-refractivity contribution in [3.8, 4) is 11.1 Å². The maximum absolute atomic E-state index is 12.5. The minimum absolute atomic E-state index is 0.399. The van der Waals surface area contributed by atoms with Crippen LogP contribution in [0, 0.1) is 0 Å². The number of carbonyl (C=O) groups is 1. The van der Waals surface area contributed by atoms with E-state index < -0.39 is 5.91 Å². The minimum Gasteiger partial charge on any atom is -0.383 e. The molecule has 1 aromatic heterocycles. The number of carbonyl (C=O) groups excluding carboxylic acids is 1. The Morgan fingerprint density at radius 2 is 1.91 bits per heavy atom. The summed E-state index contributed by atoms with van der Waals surface area (Å²) in [6, 6.07) is 9.14. The number of aliphatic imine (C=N–C) groups is 1. The van der Waals surface area contributed by atoms with Crippen LogP contribution in [0.25, 0.3) is 22.2 Å². The monoisotopic (exact) mass is 470 g/mol. The molecule has 2 aliphatic heterocycles. The molecule has 0 spiro atoms. The number of likely N-dealkylation sites (tertiary alicyclic amines) is 1. The van der Waals surface area contributed by atoms with E-state index in [-0.39, 0.29) is 0 Å². The average molecular weight is 471 g/mol. The van der Waals surface area contributed by atoms with E-state index in [1.165, 1.54) is 50.5 Å². The fraction of sp³-hybridized carbons (Fsp3) is 0.464. The molecule has 0 unspecified atom stereocenters. The fourth-order valence-electron chi connectivity index (χ4n) is 6.15. The Morgan fingerprint density at radius 3 is 2.71 bits per heavy atom. The standard InChI is InChI=1S/C28H34N6O/c29-28(35)26-21-10-11-31-27(21)22(17-24(26)30-12-15-33-13-4-5-14-33)19-8-9-25-23(16-19)32-18-34(25)20-6-2-1-3-7-20/h8-9,11,16-18,20,30H,1-7,10,12-15H2,(H2,29,35). The summed E-state index contributed by atoms with van der Waals surface area (Å²) in [7, 11) is 0. The summed E-state index contributed by atoms with van der Waals surface area (Å²) >= 11 is 0. The van der Waals surface area contributed by atoms with Gasteiger partial charge in [0.2, 0.25) is 0 Å². The molecular weight excluding hydrogens is 436 g/mol. The molecule has 182 valence electrons. The summed E-state index contributed by atoms with van der Waals surface area (Å²) in [6.45, 7) is 4.05. The van der Waals surface area contributed by atoms with Crippen molar-refractivity contribution in [3.63, 3.8) is 0 Å². The Morgan fingerprint density at radius 1 is 1.09 bits per heavy atom. The van der Waals surface area contributed by atoms with Gasteiger partial charge in [-0.05, 0) is 68.1 Å². The summed E-state index contributed by atoms with van der Waals surface area (Å²) in [5, 5.41) is 3.53. The van der Waals surface area contributed by atoms with Gasteiger partial charge in [-0.2, -0.15) is 0 Å². The normalized spacial score (nSPS) is 18.4. The largest absolute Gasteiger partial charge is 0.383 e. The minimum atomic E-state index is -0.399. The van der Waals surface area contributed by atoms with Gasteiger partial charge < -0.3 is 20.5 Å². The van der Waals surface area contributed by atoms with Crippen LogP contribution in [0.3, 0.4) is 0 Å². The van der Waals surface area contributed by atoms with Gasteiger partial charge in [0.1, 0.15) is 0 Å². The molecule has 6 rings (SSSR count). The molecule has 35 heavy (non-hydrogen) atoms. The molecule has 1 amide bonds. The predicted octanol–water partition coefficient (Wildman–Crippen LogP) is 5.07. The van der Waals surface area contributed by atoms with E-state index in [4.69, 9.17) is 10.7 Å². The van der Waals surface area contributed by atoms with E-state index in [0.717, 1.165) is 59.8 Å². The summed E-state index contributed by atoms with van der Waals surface area (Å²) in [4.78, 5) is 24.4. The number of nitrogens with one attached hydrogen (secondary N) is 1. The number of hydrogen-bond acceptors (Lipinski definition) is 5. The lowest BCUT2D eigenvalue weighted by atomic mass is 9.93. The van der Waals surface area contributed by atoms with Gasteiger partial charge in [-0.3, -0.25) is 9.79 Å². The number of nitrogens with zero attached hydrogens (tertiary/aromatic N) is 4. The molecule has 1 aliphatic carbocycles. The van der Waals surface area contributed by atoms with Crippen LogP contribution >= 0.6 is 0 Å². The molecule has 1 saturated heterocycles. The molecular formula is C28H34N6O. The highest BCUT2D eigenvalue weighted by molar-refractivity contribution is 6.06. The first-order chi connectivity index (χ1) is 17.2. The first-order valence-electron chi connectivity index (χ1n) is 13.1. The van der Waals surface area contributed by atoms with E-state index in [1.54, 1.807) is 0 Å². The van der Waals surface area contributed by atoms with Crippen molar-refractivity contribution in [3.05, 3.63) is 41.7 Å². The van der Waals surface area contributed by atoms with Gasteiger partial charge in [-0.1, -0.05) is 25.3 Å². The maximum Gasteiger partial charge on any atom is 0.251 e. The molecule has 3 aliphatic rings. The Hall–Kier alpha value is -3.19. The van der Waals surface area contributed by atoms with Gasteiger partial charge in [0.15, 0.2) is 0 Å². The zero-order valence-electron chi connectivity index (χ0n) is 20.3. The molecule has 0 radical (unpaired) electrons. The average Bonchev–Trinajstić information content (AvgIpc) is 3.64. The molecule has 3 heterocycles. The molecule has 2 aromatic carbocycles. The lowest BCUT2D eigenvalue weighted by Gasteiger charge is -2.23. The number of anilines is 1. The van der Waals surface area contributed by atoms with Crippen LogP contribution in [0.15, 0.2) is 35.6 Å². The van der Waals surface area contributed by atoms with Gasteiger partial charge in [0.05, 0.1) is 28.6 Å². The van der Waals surface area contributed by atoms with E-state index in [0.29, 0.717) is 18.0 Å². The van der Waals surface area contributed by atoms with Crippen LogP contribution < -0.4 is 11.1 Å². The lowest BCUT2D eigenvalue weighted by Crippen LogP contribution is -2.27. The number of aromatic nitrogens is 2. The van der Waals surface area contributed by atoms with Gasteiger partial charge in [-0.15, -0.1) is 0 Å². The number of rotatable bonds is 7. The maximum atomic E-state index is 12.5. The second kappa shape index (κ2) is 9.46. The van der Waals surface area contributed by atoms with Crippen molar-refractivity contribution < 1.29 is 4.79 Å². The molecule has 3 N–H and O–H groups in total. The van der Waals surface area contributed by atoms with Crippen molar-refractivity contribution >= 4 is 34.5 Å². The number of imidazole rings is 1. The number of primary amides is 1. The Balaban J connectivity index is 1.35. The van der Waals surface area contributed by atoms with Crippen molar-refractivity contribution in [1.29, 1.82) is 0 Å². The SMILES string of the molecule is NC(=O)c1c(NCCN2CCCC2)cc(-c2ccc3c(c2)ncn3C2CCCCC2)c2c1CC=N2. The third-order valence-electron chi connectivity index (χ3n) is 7.96. The highest BCUT2D eigenvalue weighted by Crippen LogP contribution is 2.42. The molecule has 7 heteroatoms. The number of amides is 1. The smallest absolute Gasteiger partial charge is 0.251 e. The second-order valence-electron chi connectivity index (χ2n) is 10.2. The van der Waals surface area contributed by atoms with Crippen molar-refractivity contribution in [2.24, 2.45) is 10.7 Å². The molecule has 7 nitrogen and oxygen atoms in total. The molecule has 0 bridgehead atoms. The first kappa shape index (κ1) is 22.3. The van der Waals surface area contributed by atoms with Crippen LogP contribution in [0.5, 0.6) is 0 Å². The third kappa shape index (κ3) is 4.22. The molecule has 2 fully saturated rings. The Kier molecular flexibility index (Phi) is 6.02. The van der Waals surface area contributed by atoms with Crippen LogP contribution in [0.1, 0.15) is 66.9 Å². The highest BCUT2D eigenvalue weighted by atomic mass is 16.1. The summed E-state index contributed by atoms with van der Waals surface area (Å²) in [5.41, 5.74) is 13.3. The molecule has 1 saturated carbocycles. The molecule has 3 aromatic rings. The van der Waals surface area contributed by atoms with Crippen molar-refractivity contribution in [1.82, 2.24) is 14.5 Å². The second-order valence-corrected chi connectivity index (χ2v) is 10.2. The van der Waals surface area contributed by atoms with E-state index in [2.05, 4.69) is 44.0 Å². The fourth-order valence-corrected chi connectivity index (χ4v) is 6.15. The van der Waals surface area contributed by atoms with Crippen LogP contribution in [0.2, 0.25) is 0 Å².